The minimum atomic E-state index is -0.00692. The molecule has 0 spiro atoms. The first-order valence-corrected chi connectivity index (χ1v) is 4.92. The first kappa shape index (κ1) is 10.7. The van der Waals surface area contributed by atoms with Crippen molar-refractivity contribution in [2.75, 3.05) is 19.8 Å². The van der Waals surface area contributed by atoms with E-state index in [1.807, 2.05) is 12.2 Å². The van der Waals surface area contributed by atoms with E-state index >= 15 is 0 Å². The Bertz CT molecular complexity index is 139. The van der Waals surface area contributed by atoms with Crippen molar-refractivity contribution in [1.82, 2.24) is 0 Å². The van der Waals surface area contributed by atoms with Crippen LogP contribution in [0.25, 0.3) is 0 Å². The number of rotatable bonds is 5. The fourth-order valence-corrected chi connectivity index (χ4v) is 1.27. The number of hydrogen-bond acceptors (Lipinski definition) is 3. The Morgan fingerprint density at radius 1 is 1.38 bits per heavy atom. The van der Waals surface area contributed by atoms with Gasteiger partial charge < -0.3 is 14.6 Å². The molecule has 1 aliphatic heterocycles. The van der Waals surface area contributed by atoms with Crippen LogP contribution in [0.2, 0.25) is 0 Å². The average Bonchev–Trinajstić information content (AvgIpc) is 2.19. The van der Waals surface area contributed by atoms with Gasteiger partial charge in [-0.25, -0.2) is 0 Å². The second-order valence-corrected chi connectivity index (χ2v) is 3.11. The zero-order chi connectivity index (χ0) is 9.36. The monoisotopic (exact) mass is 186 g/mol. The van der Waals surface area contributed by atoms with Gasteiger partial charge in [-0.3, -0.25) is 0 Å². The summed E-state index contributed by atoms with van der Waals surface area (Å²) >= 11 is 0. The van der Waals surface area contributed by atoms with E-state index < -0.39 is 0 Å². The second-order valence-electron chi connectivity index (χ2n) is 3.11. The Morgan fingerprint density at radius 2 is 2.31 bits per heavy atom. The van der Waals surface area contributed by atoms with E-state index in [2.05, 4.69) is 0 Å². The van der Waals surface area contributed by atoms with Crippen molar-refractivity contribution in [2.45, 2.75) is 32.0 Å². The molecule has 0 bridgehead atoms. The van der Waals surface area contributed by atoms with Crippen molar-refractivity contribution in [3.63, 3.8) is 0 Å². The first-order valence-electron chi connectivity index (χ1n) is 4.92. The fourth-order valence-electron chi connectivity index (χ4n) is 1.27. The van der Waals surface area contributed by atoms with Gasteiger partial charge in [0.15, 0.2) is 6.29 Å². The molecule has 0 radical (unpaired) electrons. The molecule has 0 aromatic heterocycles. The summed E-state index contributed by atoms with van der Waals surface area (Å²) < 4.78 is 10.8. The summed E-state index contributed by atoms with van der Waals surface area (Å²) in [6.45, 7) is 1.62. The standard InChI is InChI=1S/C10H18O3/c11-7-3-1-4-8-12-10-6-2-5-9-13-10/h1,4,10-11H,2-3,5-9H2/b4-1-. The molecule has 3 heteroatoms. The average molecular weight is 186 g/mol. The molecular formula is C10H18O3. The van der Waals surface area contributed by atoms with E-state index in [4.69, 9.17) is 14.6 Å². The van der Waals surface area contributed by atoms with Crippen LogP contribution < -0.4 is 0 Å². The van der Waals surface area contributed by atoms with Gasteiger partial charge in [0.05, 0.1) is 6.61 Å². The third-order valence-corrected chi connectivity index (χ3v) is 1.98. The van der Waals surface area contributed by atoms with Crippen molar-refractivity contribution >= 4 is 0 Å². The molecule has 0 aromatic rings. The summed E-state index contributed by atoms with van der Waals surface area (Å²) in [4.78, 5) is 0. The van der Waals surface area contributed by atoms with Crippen molar-refractivity contribution in [3.8, 4) is 0 Å². The Kier molecular flexibility index (Phi) is 5.81. The number of hydrogen-bond donors (Lipinski definition) is 1. The molecule has 0 aromatic carbocycles. The molecule has 1 N–H and O–H groups in total. The summed E-state index contributed by atoms with van der Waals surface area (Å²) in [7, 11) is 0. The molecule has 1 aliphatic rings. The van der Waals surface area contributed by atoms with Crippen molar-refractivity contribution < 1.29 is 14.6 Å². The molecule has 1 rings (SSSR count). The molecule has 0 saturated carbocycles. The molecule has 0 amide bonds. The van der Waals surface area contributed by atoms with E-state index in [-0.39, 0.29) is 12.9 Å². The summed E-state index contributed by atoms with van der Waals surface area (Å²) in [6, 6.07) is 0. The third-order valence-electron chi connectivity index (χ3n) is 1.98. The number of aliphatic hydroxyl groups is 1. The highest BCUT2D eigenvalue weighted by Crippen LogP contribution is 2.13. The molecule has 76 valence electrons. The van der Waals surface area contributed by atoms with Gasteiger partial charge in [-0.15, -0.1) is 0 Å². The van der Waals surface area contributed by atoms with Crippen molar-refractivity contribution in [2.24, 2.45) is 0 Å². The van der Waals surface area contributed by atoms with E-state index in [1.54, 1.807) is 0 Å². The highest BCUT2D eigenvalue weighted by atomic mass is 16.7. The maximum Gasteiger partial charge on any atom is 0.157 e. The van der Waals surface area contributed by atoms with Crippen LogP contribution in [-0.2, 0) is 9.47 Å². The molecule has 1 heterocycles. The summed E-state index contributed by atoms with van der Waals surface area (Å²) in [6.07, 6.45) is 7.90. The predicted molar refractivity (Wildman–Crippen MR) is 50.4 cm³/mol. The van der Waals surface area contributed by atoms with Crippen LogP contribution in [0, 0.1) is 0 Å². The number of ether oxygens (including phenoxy) is 2. The van der Waals surface area contributed by atoms with Gasteiger partial charge in [0.25, 0.3) is 0 Å². The maximum absolute atomic E-state index is 8.50. The van der Waals surface area contributed by atoms with Crippen LogP contribution in [0.15, 0.2) is 12.2 Å². The normalized spacial score (nSPS) is 23.9. The fraction of sp³-hybridized carbons (Fsp3) is 0.800. The second kappa shape index (κ2) is 7.06. The zero-order valence-electron chi connectivity index (χ0n) is 7.95. The van der Waals surface area contributed by atoms with Gasteiger partial charge in [0.2, 0.25) is 0 Å². The van der Waals surface area contributed by atoms with Gasteiger partial charge in [0.1, 0.15) is 0 Å². The van der Waals surface area contributed by atoms with Crippen LogP contribution in [0.5, 0.6) is 0 Å². The van der Waals surface area contributed by atoms with Gasteiger partial charge in [-0.2, -0.15) is 0 Å². The molecule has 0 aliphatic carbocycles. The maximum atomic E-state index is 8.50. The molecule has 1 fully saturated rings. The molecular weight excluding hydrogens is 168 g/mol. The lowest BCUT2D eigenvalue weighted by Crippen LogP contribution is -2.22. The van der Waals surface area contributed by atoms with Crippen LogP contribution in [0.3, 0.4) is 0 Å². The largest absolute Gasteiger partial charge is 0.396 e. The van der Waals surface area contributed by atoms with Crippen LogP contribution in [0.1, 0.15) is 25.7 Å². The van der Waals surface area contributed by atoms with Crippen LogP contribution >= 0.6 is 0 Å². The van der Waals surface area contributed by atoms with E-state index in [0.717, 1.165) is 19.4 Å². The Morgan fingerprint density at radius 3 is 3.00 bits per heavy atom. The first-order chi connectivity index (χ1) is 6.43. The lowest BCUT2D eigenvalue weighted by molar-refractivity contribution is -0.155. The van der Waals surface area contributed by atoms with E-state index in [1.165, 1.54) is 6.42 Å². The SMILES string of the molecule is OCC/C=C\COC1CCCCO1. The van der Waals surface area contributed by atoms with E-state index in [0.29, 0.717) is 13.0 Å². The predicted octanol–water partition coefficient (Wildman–Crippen LogP) is 1.47. The Hall–Kier alpha value is -0.380. The Balaban J connectivity index is 1.97. The van der Waals surface area contributed by atoms with Crippen LogP contribution in [0.4, 0.5) is 0 Å². The Labute approximate surface area is 79.3 Å². The van der Waals surface area contributed by atoms with E-state index in [9.17, 15) is 0 Å². The van der Waals surface area contributed by atoms with Crippen molar-refractivity contribution in [1.29, 1.82) is 0 Å². The van der Waals surface area contributed by atoms with Gasteiger partial charge in [0, 0.05) is 13.2 Å². The highest BCUT2D eigenvalue weighted by Gasteiger charge is 2.12. The van der Waals surface area contributed by atoms with Gasteiger partial charge in [-0.1, -0.05) is 12.2 Å². The molecule has 1 saturated heterocycles. The smallest absolute Gasteiger partial charge is 0.157 e. The topological polar surface area (TPSA) is 38.7 Å². The van der Waals surface area contributed by atoms with Gasteiger partial charge in [-0.05, 0) is 25.7 Å². The zero-order valence-corrected chi connectivity index (χ0v) is 7.95. The minimum absolute atomic E-state index is 0.00692. The van der Waals surface area contributed by atoms with Crippen molar-refractivity contribution in [3.05, 3.63) is 12.2 Å². The van der Waals surface area contributed by atoms with Crippen LogP contribution in [-0.4, -0.2) is 31.2 Å². The number of aliphatic hydroxyl groups excluding tert-OH is 1. The summed E-state index contributed by atoms with van der Waals surface area (Å²) in [5, 5.41) is 8.50. The molecule has 1 unspecified atom stereocenters. The molecule has 13 heavy (non-hydrogen) atoms. The van der Waals surface area contributed by atoms with Gasteiger partial charge >= 0.3 is 0 Å². The molecule has 1 atom stereocenters. The third kappa shape index (κ3) is 5.03. The lowest BCUT2D eigenvalue weighted by Gasteiger charge is -2.21. The molecule has 3 nitrogen and oxygen atoms in total. The quantitative estimate of drug-likeness (QED) is 0.661. The summed E-state index contributed by atoms with van der Waals surface area (Å²) in [5.41, 5.74) is 0. The minimum Gasteiger partial charge on any atom is -0.396 e. The summed E-state index contributed by atoms with van der Waals surface area (Å²) in [5.74, 6) is 0. The lowest BCUT2D eigenvalue weighted by atomic mass is 10.2. The highest BCUT2D eigenvalue weighted by molar-refractivity contribution is 4.81.